The number of halogens is 1. The molecule has 2 aromatic rings. The highest BCUT2D eigenvalue weighted by Gasteiger charge is 2.17. The first kappa shape index (κ1) is 16.0. The van der Waals surface area contributed by atoms with Crippen molar-refractivity contribution in [2.75, 3.05) is 11.9 Å². The Balaban J connectivity index is 2.26. The minimum Gasteiger partial charge on any atom is -0.311 e. The molecule has 0 saturated heterocycles. The number of carbonyl (C=O) groups excluding carboxylic acids is 1. The van der Waals surface area contributed by atoms with Crippen LogP contribution in [0.5, 0.6) is 0 Å². The van der Waals surface area contributed by atoms with E-state index in [1.165, 1.54) is 5.56 Å². The summed E-state index contributed by atoms with van der Waals surface area (Å²) < 4.78 is 0.971. The van der Waals surface area contributed by atoms with E-state index in [9.17, 15) is 4.79 Å². The van der Waals surface area contributed by atoms with E-state index in [0.717, 1.165) is 14.8 Å². The molecule has 0 fully saturated rings. The maximum atomic E-state index is 12.6. The summed E-state index contributed by atoms with van der Waals surface area (Å²) in [6.07, 6.45) is 0. The quantitative estimate of drug-likeness (QED) is 0.667. The number of nitrogens with zero attached hydrogens (tertiary/aromatic N) is 1. The van der Waals surface area contributed by atoms with Gasteiger partial charge in [0.2, 0.25) is 0 Å². The van der Waals surface area contributed by atoms with Gasteiger partial charge < -0.3 is 4.90 Å². The molecule has 2 rings (SSSR count). The predicted molar refractivity (Wildman–Crippen MR) is 97.0 cm³/mol. The number of carbonyl (C=O) groups is 1. The number of rotatable bonds is 2. The fraction of sp³-hybridized carbons (Fsp3) is 0.278. The van der Waals surface area contributed by atoms with E-state index in [4.69, 9.17) is 0 Å². The second kappa shape index (κ2) is 6.18. The van der Waals surface area contributed by atoms with Crippen LogP contribution in [0.3, 0.4) is 0 Å². The van der Waals surface area contributed by atoms with Crippen LogP contribution in [-0.4, -0.2) is 13.0 Å². The predicted octanol–water partition coefficient (Wildman–Crippen LogP) is 4.87. The second-order valence-corrected chi connectivity index (χ2v) is 7.30. The first-order chi connectivity index (χ1) is 9.80. The highest BCUT2D eigenvalue weighted by Crippen LogP contribution is 2.25. The van der Waals surface area contributed by atoms with Gasteiger partial charge in [-0.2, -0.15) is 0 Å². The molecule has 0 aliphatic rings. The molecule has 21 heavy (non-hydrogen) atoms. The standard InChI is InChI=1S/C18H20INO/c1-18(2,3)13-9-11-14(12-10-13)20(4)17(21)15-7-5-6-8-16(15)19/h5-12H,1-4H3. The molecule has 2 aromatic carbocycles. The Hall–Kier alpha value is -1.36. The maximum absolute atomic E-state index is 12.6. The van der Waals surface area contributed by atoms with E-state index in [1.54, 1.807) is 4.90 Å². The van der Waals surface area contributed by atoms with Gasteiger partial charge in [0.25, 0.3) is 5.91 Å². The van der Waals surface area contributed by atoms with Crippen molar-refractivity contribution in [2.24, 2.45) is 0 Å². The van der Waals surface area contributed by atoms with Gasteiger partial charge in [-0.05, 0) is 57.8 Å². The fourth-order valence-corrected chi connectivity index (χ4v) is 2.74. The molecule has 0 saturated carbocycles. The van der Waals surface area contributed by atoms with Crippen LogP contribution < -0.4 is 4.90 Å². The van der Waals surface area contributed by atoms with Crippen LogP contribution in [0, 0.1) is 3.57 Å². The minimum atomic E-state index is 0.0171. The molecular weight excluding hydrogens is 373 g/mol. The van der Waals surface area contributed by atoms with Crippen LogP contribution >= 0.6 is 22.6 Å². The van der Waals surface area contributed by atoms with Gasteiger partial charge in [-0.3, -0.25) is 4.79 Å². The number of hydrogen-bond acceptors (Lipinski definition) is 1. The van der Waals surface area contributed by atoms with Gasteiger partial charge >= 0.3 is 0 Å². The van der Waals surface area contributed by atoms with E-state index in [-0.39, 0.29) is 11.3 Å². The van der Waals surface area contributed by atoms with Crippen molar-refractivity contribution in [1.82, 2.24) is 0 Å². The lowest BCUT2D eigenvalue weighted by atomic mass is 9.87. The average Bonchev–Trinajstić information content (AvgIpc) is 2.45. The highest BCUT2D eigenvalue weighted by molar-refractivity contribution is 14.1. The summed E-state index contributed by atoms with van der Waals surface area (Å²) in [5, 5.41) is 0. The monoisotopic (exact) mass is 393 g/mol. The highest BCUT2D eigenvalue weighted by atomic mass is 127. The van der Waals surface area contributed by atoms with Crippen LogP contribution in [0.1, 0.15) is 36.7 Å². The third-order valence-electron chi connectivity index (χ3n) is 3.53. The number of hydrogen-bond donors (Lipinski definition) is 0. The zero-order valence-electron chi connectivity index (χ0n) is 12.9. The topological polar surface area (TPSA) is 20.3 Å². The molecule has 0 aromatic heterocycles. The van der Waals surface area contributed by atoms with Crippen molar-refractivity contribution in [2.45, 2.75) is 26.2 Å². The Morgan fingerprint density at radius 2 is 1.57 bits per heavy atom. The van der Waals surface area contributed by atoms with Gasteiger partial charge in [-0.25, -0.2) is 0 Å². The van der Waals surface area contributed by atoms with Crippen molar-refractivity contribution in [3.63, 3.8) is 0 Å². The maximum Gasteiger partial charge on any atom is 0.259 e. The molecule has 110 valence electrons. The summed E-state index contributed by atoms with van der Waals surface area (Å²) in [5.41, 5.74) is 3.03. The van der Waals surface area contributed by atoms with E-state index < -0.39 is 0 Å². The Morgan fingerprint density at radius 3 is 2.10 bits per heavy atom. The van der Waals surface area contributed by atoms with Crippen LogP contribution in [0.25, 0.3) is 0 Å². The van der Waals surface area contributed by atoms with E-state index in [0.29, 0.717) is 0 Å². The lowest BCUT2D eigenvalue weighted by Gasteiger charge is -2.22. The number of anilines is 1. The summed E-state index contributed by atoms with van der Waals surface area (Å²) in [4.78, 5) is 14.3. The fourth-order valence-electron chi connectivity index (χ4n) is 2.12. The third kappa shape index (κ3) is 3.64. The molecule has 0 N–H and O–H groups in total. The molecule has 0 unspecified atom stereocenters. The lowest BCUT2D eigenvalue weighted by molar-refractivity contribution is 0.0992. The minimum absolute atomic E-state index is 0.0171. The molecule has 0 bridgehead atoms. The van der Waals surface area contributed by atoms with E-state index in [1.807, 2.05) is 43.4 Å². The van der Waals surface area contributed by atoms with Crippen LogP contribution in [0.4, 0.5) is 5.69 Å². The molecule has 0 spiro atoms. The zero-order valence-corrected chi connectivity index (χ0v) is 15.0. The van der Waals surface area contributed by atoms with Crippen molar-refractivity contribution < 1.29 is 4.79 Å². The van der Waals surface area contributed by atoms with Gasteiger partial charge in [-0.15, -0.1) is 0 Å². The second-order valence-electron chi connectivity index (χ2n) is 6.14. The summed E-state index contributed by atoms with van der Waals surface area (Å²) in [6, 6.07) is 15.9. The Bertz CT molecular complexity index is 641. The van der Waals surface area contributed by atoms with Gasteiger partial charge in [0.05, 0.1) is 5.56 Å². The van der Waals surface area contributed by atoms with Gasteiger partial charge in [-0.1, -0.05) is 45.0 Å². The molecule has 0 aliphatic heterocycles. The Labute approximate surface area is 140 Å². The van der Waals surface area contributed by atoms with Gasteiger partial charge in [0.15, 0.2) is 0 Å². The first-order valence-electron chi connectivity index (χ1n) is 6.94. The molecule has 0 atom stereocenters. The summed E-state index contributed by atoms with van der Waals surface area (Å²) in [7, 11) is 1.82. The van der Waals surface area contributed by atoms with Crippen molar-refractivity contribution in [3.8, 4) is 0 Å². The lowest BCUT2D eigenvalue weighted by Crippen LogP contribution is -2.27. The molecule has 3 heteroatoms. The van der Waals surface area contributed by atoms with Gasteiger partial charge in [0, 0.05) is 16.3 Å². The van der Waals surface area contributed by atoms with Crippen LogP contribution in [-0.2, 0) is 5.41 Å². The average molecular weight is 393 g/mol. The number of benzene rings is 2. The molecule has 1 amide bonds. The van der Waals surface area contributed by atoms with E-state index >= 15 is 0 Å². The number of amides is 1. The SMILES string of the molecule is CN(C(=O)c1ccccc1I)c1ccc(C(C)(C)C)cc1. The van der Waals surface area contributed by atoms with Gasteiger partial charge in [0.1, 0.15) is 0 Å². The zero-order chi connectivity index (χ0) is 15.6. The molecular formula is C18H20INO. The van der Waals surface area contributed by atoms with Crippen molar-refractivity contribution >= 4 is 34.2 Å². The third-order valence-corrected chi connectivity index (χ3v) is 4.47. The van der Waals surface area contributed by atoms with Crippen molar-refractivity contribution in [1.29, 1.82) is 0 Å². The molecule has 0 aliphatic carbocycles. The molecule has 0 heterocycles. The summed E-state index contributed by atoms with van der Waals surface area (Å²) in [5.74, 6) is 0.0171. The summed E-state index contributed by atoms with van der Waals surface area (Å²) >= 11 is 2.20. The molecule has 0 radical (unpaired) electrons. The molecule has 2 nitrogen and oxygen atoms in total. The Morgan fingerprint density at radius 1 is 1.00 bits per heavy atom. The largest absolute Gasteiger partial charge is 0.311 e. The van der Waals surface area contributed by atoms with E-state index in [2.05, 4.69) is 55.5 Å². The van der Waals surface area contributed by atoms with Crippen molar-refractivity contribution in [3.05, 3.63) is 63.2 Å². The Kier molecular flexibility index (Phi) is 4.71. The normalized spacial score (nSPS) is 11.3. The first-order valence-corrected chi connectivity index (χ1v) is 8.02. The summed E-state index contributed by atoms with van der Waals surface area (Å²) in [6.45, 7) is 6.55. The van der Waals surface area contributed by atoms with Crippen LogP contribution in [0.2, 0.25) is 0 Å². The smallest absolute Gasteiger partial charge is 0.259 e. The van der Waals surface area contributed by atoms with Crippen LogP contribution in [0.15, 0.2) is 48.5 Å².